The first-order valence-corrected chi connectivity index (χ1v) is 9.56. The van der Waals surface area contributed by atoms with Gasteiger partial charge in [0.25, 0.3) is 5.91 Å². The molecule has 0 fully saturated rings. The van der Waals surface area contributed by atoms with Crippen molar-refractivity contribution in [3.8, 4) is 11.8 Å². The van der Waals surface area contributed by atoms with Gasteiger partial charge in [-0.15, -0.1) is 0 Å². The number of amides is 1. The number of nitrogens with zero attached hydrogens (tertiary/aromatic N) is 1. The number of hydrogen-bond acceptors (Lipinski definition) is 3. The van der Waals surface area contributed by atoms with Crippen molar-refractivity contribution >= 4 is 40.9 Å². The zero-order chi connectivity index (χ0) is 21.5. The number of nitriles is 1. The lowest BCUT2D eigenvalue weighted by molar-refractivity contribution is -0.112. The third-order valence-electron chi connectivity index (χ3n) is 4.02. The van der Waals surface area contributed by atoms with E-state index in [-0.39, 0.29) is 18.0 Å². The second-order valence-electron chi connectivity index (χ2n) is 6.24. The molecule has 0 bridgehead atoms. The van der Waals surface area contributed by atoms with Gasteiger partial charge in [0.05, 0.1) is 5.02 Å². The molecular formula is C23H15Cl2FN2O2. The van der Waals surface area contributed by atoms with Gasteiger partial charge >= 0.3 is 0 Å². The number of carbonyl (C=O) groups excluding carboxylic acids is 1. The fraction of sp³-hybridized carbons (Fsp3) is 0.0435. The average molecular weight is 441 g/mol. The molecular weight excluding hydrogens is 426 g/mol. The van der Waals surface area contributed by atoms with Crippen molar-refractivity contribution < 1.29 is 13.9 Å². The molecule has 0 unspecified atom stereocenters. The second-order valence-corrected chi connectivity index (χ2v) is 7.08. The Labute approximate surface area is 183 Å². The summed E-state index contributed by atoms with van der Waals surface area (Å²) < 4.78 is 18.6. The molecule has 0 aromatic heterocycles. The second kappa shape index (κ2) is 9.93. The van der Waals surface area contributed by atoms with E-state index < -0.39 is 5.91 Å². The number of carbonyl (C=O) groups is 1. The Balaban J connectivity index is 1.70. The van der Waals surface area contributed by atoms with Crippen LogP contribution in [-0.4, -0.2) is 5.91 Å². The molecule has 0 heterocycles. The molecule has 0 saturated carbocycles. The number of ether oxygens (including phenoxy) is 1. The Morgan fingerprint density at radius 3 is 2.53 bits per heavy atom. The van der Waals surface area contributed by atoms with Crippen molar-refractivity contribution in [2.45, 2.75) is 6.61 Å². The summed E-state index contributed by atoms with van der Waals surface area (Å²) in [5, 5.41) is 12.8. The minimum absolute atomic E-state index is 0.0916. The van der Waals surface area contributed by atoms with E-state index in [0.29, 0.717) is 27.0 Å². The number of halogens is 3. The Morgan fingerprint density at radius 1 is 1.10 bits per heavy atom. The van der Waals surface area contributed by atoms with Crippen LogP contribution in [0.2, 0.25) is 10.0 Å². The lowest BCUT2D eigenvalue weighted by Crippen LogP contribution is -2.13. The highest BCUT2D eigenvalue weighted by atomic mass is 35.5. The highest BCUT2D eigenvalue weighted by molar-refractivity contribution is 6.32. The average Bonchev–Trinajstić information content (AvgIpc) is 2.72. The zero-order valence-electron chi connectivity index (χ0n) is 15.5. The fourth-order valence-electron chi connectivity index (χ4n) is 2.55. The van der Waals surface area contributed by atoms with Gasteiger partial charge in [0.2, 0.25) is 0 Å². The highest BCUT2D eigenvalue weighted by Gasteiger charge is 2.11. The van der Waals surface area contributed by atoms with Gasteiger partial charge in [-0.2, -0.15) is 5.26 Å². The number of nitrogens with one attached hydrogen (secondary N) is 1. The van der Waals surface area contributed by atoms with Crippen LogP contribution < -0.4 is 10.1 Å². The molecule has 0 aliphatic carbocycles. The normalized spacial score (nSPS) is 10.9. The van der Waals surface area contributed by atoms with E-state index in [0.717, 1.165) is 5.56 Å². The molecule has 1 N–H and O–H groups in total. The summed E-state index contributed by atoms with van der Waals surface area (Å²) in [5.41, 5.74) is 1.75. The molecule has 0 radical (unpaired) electrons. The Hall–Kier alpha value is -3.33. The molecule has 4 nitrogen and oxygen atoms in total. The molecule has 1 amide bonds. The summed E-state index contributed by atoms with van der Waals surface area (Å²) in [6, 6.07) is 19.4. The lowest BCUT2D eigenvalue weighted by Gasteiger charge is -2.09. The Morgan fingerprint density at radius 2 is 1.87 bits per heavy atom. The van der Waals surface area contributed by atoms with Crippen molar-refractivity contribution in [1.29, 1.82) is 5.26 Å². The van der Waals surface area contributed by atoms with Crippen molar-refractivity contribution in [2.24, 2.45) is 0 Å². The van der Waals surface area contributed by atoms with Gasteiger partial charge in [-0.25, -0.2) is 4.39 Å². The Kier molecular flexibility index (Phi) is 7.08. The van der Waals surface area contributed by atoms with Crippen LogP contribution in [0.25, 0.3) is 6.08 Å². The van der Waals surface area contributed by atoms with Crippen molar-refractivity contribution in [3.63, 3.8) is 0 Å². The summed E-state index contributed by atoms with van der Waals surface area (Å²) in [5.74, 6) is -0.451. The number of rotatable bonds is 6. The van der Waals surface area contributed by atoms with Crippen LogP contribution in [0.15, 0.2) is 72.3 Å². The van der Waals surface area contributed by atoms with E-state index in [4.69, 9.17) is 27.9 Å². The first-order valence-electron chi connectivity index (χ1n) is 8.80. The lowest BCUT2D eigenvalue weighted by atomic mass is 10.1. The third kappa shape index (κ3) is 5.84. The minimum Gasteiger partial charge on any atom is -0.487 e. The molecule has 0 aliphatic heterocycles. The predicted octanol–water partition coefficient (Wildman–Crippen LogP) is 6.26. The summed E-state index contributed by atoms with van der Waals surface area (Å²) in [4.78, 5) is 12.4. The van der Waals surface area contributed by atoms with Gasteiger partial charge in [0.15, 0.2) is 0 Å². The SMILES string of the molecule is N#C/C(=C\c1ccc(OCc2ccc(F)cc2)c(Cl)c1)C(=O)Nc1cccc(Cl)c1. The largest absolute Gasteiger partial charge is 0.487 e. The molecule has 0 aliphatic rings. The molecule has 150 valence electrons. The summed E-state index contributed by atoms with van der Waals surface area (Å²) in [7, 11) is 0. The van der Waals surface area contributed by atoms with Crippen LogP contribution in [0.1, 0.15) is 11.1 Å². The van der Waals surface area contributed by atoms with Gasteiger partial charge in [-0.05, 0) is 59.7 Å². The first-order chi connectivity index (χ1) is 14.4. The monoisotopic (exact) mass is 440 g/mol. The van der Waals surface area contributed by atoms with Gasteiger partial charge in [-0.1, -0.05) is 47.5 Å². The standard InChI is InChI=1S/C23H15Cl2FN2O2/c24-18-2-1-3-20(12-18)28-23(29)17(13-27)10-16-6-9-22(21(25)11-16)30-14-15-4-7-19(26)8-5-15/h1-12H,14H2,(H,28,29)/b17-10+. The van der Waals surface area contributed by atoms with Crippen LogP contribution >= 0.6 is 23.2 Å². The maximum absolute atomic E-state index is 13.0. The maximum Gasteiger partial charge on any atom is 0.266 e. The third-order valence-corrected chi connectivity index (χ3v) is 4.55. The summed E-state index contributed by atoms with van der Waals surface area (Å²) >= 11 is 12.2. The fourth-order valence-corrected chi connectivity index (χ4v) is 2.98. The zero-order valence-corrected chi connectivity index (χ0v) is 17.0. The molecule has 0 spiro atoms. The van der Waals surface area contributed by atoms with Crippen molar-refractivity contribution in [2.75, 3.05) is 5.32 Å². The van der Waals surface area contributed by atoms with Crippen molar-refractivity contribution in [3.05, 3.63) is 99.3 Å². The number of benzene rings is 3. The van der Waals surface area contributed by atoms with E-state index in [1.54, 1.807) is 54.6 Å². The predicted molar refractivity (Wildman–Crippen MR) is 116 cm³/mol. The quantitative estimate of drug-likeness (QED) is 0.363. The van der Waals surface area contributed by atoms with Crippen LogP contribution in [0, 0.1) is 17.1 Å². The molecule has 3 rings (SSSR count). The smallest absolute Gasteiger partial charge is 0.266 e. The molecule has 7 heteroatoms. The molecule has 30 heavy (non-hydrogen) atoms. The van der Waals surface area contributed by atoms with E-state index in [9.17, 15) is 14.4 Å². The number of anilines is 1. The van der Waals surface area contributed by atoms with Crippen LogP contribution in [0.4, 0.5) is 10.1 Å². The van der Waals surface area contributed by atoms with Gasteiger partial charge < -0.3 is 10.1 Å². The summed E-state index contributed by atoms with van der Waals surface area (Å²) in [6.45, 7) is 0.223. The van der Waals surface area contributed by atoms with Gasteiger partial charge in [0.1, 0.15) is 29.8 Å². The van der Waals surface area contributed by atoms with Crippen LogP contribution in [-0.2, 0) is 11.4 Å². The van der Waals surface area contributed by atoms with Crippen LogP contribution in [0.5, 0.6) is 5.75 Å². The van der Waals surface area contributed by atoms with Gasteiger partial charge in [0, 0.05) is 10.7 Å². The topological polar surface area (TPSA) is 62.1 Å². The molecule has 0 atom stereocenters. The van der Waals surface area contributed by atoms with Gasteiger partial charge in [-0.3, -0.25) is 4.79 Å². The molecule has 0 saturated heterocycles. The maximum atomic E-state index is 13.0. The highest BCUT2D eigenvalue weighted by Crippen LogP contribution is 2.27. The van der Waals surface area contributed by atoms with E-state index >= 15 is 0 Å². The minimum atomic E-state index is -0.562. The van der Waals surface area contributed by atoms with E-state index in [1.165, 1.54) is 18.2 Å². The first kappa shape index (κ1) is 21.4. The van der Waals surface area contributed by atoms with Crippen LogP contribution in [0.3, 0.4) is 0 Å². The summed E-state index contributed by atoms with van der Waals surface area (Å²) in [6.07, 6.45) is 1.43. The molecule has 3 aromatic carbocycles. The molecule has 3 aromatic rings. The Bertz CT molecular complexity index is 1140. The van der Waals surface area contributed by atoms with E-state index in [2.05, 4.69) is 5.32 Å². The number of hydrogen-bond donors (Lipinski definition) is 1. The van der Waals surface area contributed by atoms with Crippen molar-refractivity contribution in [1.82, 2.24) is 0 Å². The van der Waals surface area contributed by atoms with E-state index in [1.807, 2.05) is 6.07 Å².